The molecule has 2 unspecified atom stereocenters. The Morgan fingerprint density at radius 2 is 1.92 bits per heavy atom. The summed E-state index contributed by atoms with van der Waals surface area (Å²) in [5, 5.41) is 2.81. The summed E-state index contributed by atoms with van der Waals surface area (Å²) >= 11 is 0. The second kappa shape index (κ2) is 7.44. The van der Waals surface area contributed by atoms with Gasteiger partial charge >= 0.3 is 6.36 Å². The number of ether oxygens (including phenoxy) is 2. The van der Waals surface area contributed by atoms with Gasteiger partial charge in [-0.2, -0.15) is 0 Å². The van der Waals surface area contributed by atoms with Crippen LogP contribution in [-0.4, -0.2) is 37.1 Å². The minimum Gasteiger partial charge on any atom is -0.406 e. The summed E-state index contributed by atoms with van der Waals surface area (Å²) in [4.78, 5) is 12.5. The molecule has 1 aliphatic carbocycles. The molecule has 0 aliphatic heterocycles. The number of nitrogens with one attached hydrogen (secondary N) is 1. The molecule has 0 heterocycles. The van der Waals surface area contributed by atoms with Gasteiger partial charge in [-0.25, -0.2) is 0 Å². The van der Waals surface area contributed by atoms with Gasteiger partial charge in [0.1, 0.15) is 11.3 Å². The number of carbonyl (C=O) groups excluding carboxylic acids is 1. The average Bonchev–Trinajstić information content (AvgIpc) is 2.54. The van der Waals surface area contributed by atoms with Crippen LogP contribution < -0.4 is 15.8 Å². The van der Waals surface area contributed by atoms with Gasteiger partial charge in [-0.05, 0) is 31.0 Å². The summed E-state index contributed by atoms with van der Waals surface area (Å²) in [5.74, 6) is -0.514. The molecule has 1 fully saturated rings. The third-order valence-corrected chi connectivity index (χ3v) is 5.09. The zero-order valence-corrected chi connectivity index (χ0v) is 15.2. The van der Waals surface area contributed by atoms with Crippen molar-refractivity contribution in [3.05, 3.63) is 29.8 Å². The summed E-state index contributed by atoms with van der Waals surface area (Å²) in [5.41, 5.74) is 5.61. The molecule has 0 aromatic heterocycles. The van der Waals surface area contributed by atoms with Crippen LogP contribution in [0.2, 0.25) is 0 Å². The summed E-state index contributed by atoms with van der Waals surface area (Å²) in [6.07, 6.45) is -3.82. The molecule has 3 N–H and O–H groups in total. The highest BCUT2D eigenvalue weighted by atomic mass is 19.4. The van der Waals surface area contributed by atoms with Gasteiger partial charge in [-0.1, -0.05) is 26.0 Å². The molecule has 1 amide bonds. The molecule has 146 valence electrons. The molecule has 2 atom stereocenters. The lowest BCUT2D eigenvalue weighted by Crippen LogP contribution is -2.75. The number of alkyl halides is 3. The fourth-order valence-electron chi connectivity index (χ4n) is 3.16. The number of benzene rings is 1. The number of hydrogen-bond donors (Lipinski definition) is 2. The van der Waals surface area contributed by atoms with Crippen LogP contribution in [0.3, 0.4) is 0 Å². The minimum atomic E-state index is -4.71. The summed E-state index contributed by atoms with van der Waals surface area (Å²) in [7, 11) is 0. The van der Waals surface area contributed by atoms with E-state index in [4.69, 9.17) is 10.5 Å². The standard InChI is InChI=1S/C18H25F3N2O3/c1-4-25-14-11-17(22,16(14,2)3)15(24)23-10-9-12-5-7-13(8-6-12)26-18(19,20)21/h5-8,14H,4,9-11,22H2,1-3H3,(H,23,24). The summed E-state index contributed by atoms with van der Waals surface area (Å²) < 4.78 is 45.8. The van der Waals surface area contributed by atoms with Crippen molar-refractivity contribution in [2.45, 2.75) is 51.6 Å². The van der Waals surface area contributed by atoms with Crippen molar-refractivity contribution in [3.63, 3.8) is 0 Å². The van der Waals surface area contributed by atoms with E-state index < -0.39 is 17.3 Å². The molecule has 1 aliphatic rings. The Labute approximate surface area is 151 Å². The quantitative estimate of drug-likeness (QED) is 0.770. The number of rotatable bonds is 7. The molecule has 0 bridgehead atoms. The molecule has 5 nitrogen and oxygen atoms in total. The Hall–Kier alpha value is -1.80. The normalized spacial score (nSPS) is 24.7. The van der Waals surface area contributed by atoms with Crippen LogP contribution in [0.15, 0.2) is 24.3 Å². The van der Waals surface area contributed by atoms with Crippen molar-refractivity contribution < 1.29 is 27.4 Å². The lowest BCUT2D eigenvalue weighted by Gasteiger charge is -2.57. The van der Waals surface area contributed by atoms with Gasteiger partial charge < -0.3 is 20.5 Å². The Morgan fingerprint density at radius 3 is 2.42 bits per heavy atom. The second-order valence-corrected chi connectivity index (χ2v) is 7.04. The van der Waals surface area contributed by atoms with Gasteiger partial charge in [0.15, 0.2) is 0 Å². The van der Waals surface area contributed by atoms with Gasteiger partial charge in [0.05, 0.1) is 6.10 Å². The van der Waals surface area contributed by atoms with E-state index in [1.54, 1.807) is 0 Å². The second-order valence-electron chi connectivity index (χ2n) is 7.04. The third-order valence-electron chi connectivity index (χ3n) is 5.09. The van der Waals surface area contributed by atoms with E-state index in [-0.39, 0.29) is 17.8 Å². The van der Waals surface area contributed by atoms with E-state index in [9.17, 15) is 18.0 Å². The Morgan fingerprint density at radius 1 is 1.31 bits per heavy atom. The van der Waals surface area contributed by atoms with E-state index in [0.717, 1.165) is 5.56 Å². The predicted octanol–water partition coefficient (Wildman–Crippen LogP) is 2.78. The van der Waals surface area contributed by atoms with E-state index >= 15 is 0 Å². The number of amides is 1. The lowest BCUT2D eigenvalue weighted by molar-refractivity contribution is -0.274. The van der Waals surface area contributed by atoms with Gasteiger partial charge in [0.25, 0.3) is 0 Å². The summed E-state index contributed by atoms with van der Waals surface area (Å²) in [6, 6.07) is 5.56. The number of carbonyl (C=O) groups is 1. The highest BCUT2D eigenvalue weighted by molar-refractivity contribution is 5.88. The molecule has 1 saturated carbocycles. The molecule has 0 spiro atoms. The minimum absolute atomic E-state index is 0.0515. The molecule has 1 aromatic rings. The van der Waals surface area contributed by atoms with Crippen LogP contribution in [0.5, 0.6) is 5.75 Å². The topological polar surface area (TPSA) is 73.6 Å². The average molecular weight is 374 g/mol. The van der Waals surface area contributed by atoms with Crippen molar-refractivity contribution in [2.75, 3.05) is 13.2 Å². The van der Waals surface area contributed by atoms with Crippen molar-refractivity contribution >= 4 is 5.91 Å². The molecular weight excluding hydrogens is 349 g/mol. The SMILES string of the molecule is CCOC1CC(N)(C(=O)NCCc2ccc(OC(F)(F)F)cc2)C1(C)C. The van der Waals surface area contributed by atoms with E-state index in [2.05, 4.69) is 10.1 Å². The molecule has 0 radical (unpaired) electrons. The third kappa shape index (κ3) is 4.29. The van der Waals surface area contributed by atoms with Gasteiger partial charge in [-0.15, -0.1) is 13.2 Å². The highest BCUT2D eigenvalue weighted by Gasteiger charge is 2.62. The molecular formula is C18H25F3N2O3. The Bertz CT molecular complexity index is 632. The van der Waals surface area contributed by atoms with Crippen molar-refractivity contribution in [2.24, 2.45) is 11.1 Å². The maximum absolute atomic E-state index is 12.5. The Balaban J connectivity index is 1.83. The van der Waals surface area contributed by atoms with Crippen molar-refractivity contribution in [3.8, 4) is 5.75 Å². The molecule has 1 aromatic carbocycles. The maximum atomic E-state index is 12.5. The van der Waals surface area contributed by atoms with Gasteiger partial charge in [0.2, 0.25) is 5.91 Å². The van der Waals surface area contributed by atoms with Crippen LogP contribution in [0, 0.1) is 5.41 Å². The highest BCUT2D eigenvalue weighted by Crippen LogP contribution is 2.49. The first-order chi connectivity index (χ1) is 12.0. The first-order valence-electron chi connectivity index (χ1n) is 8.53. The van der Waals surface area contributed by atoms with Crippen molar-refractivity contribution in [1.29, 1.82) is 0 Å². The largest absolute Gasteiger partial charge is 0.573 e. The van der Waals surface area contributed by atoms with E-state index in [1.165, 1.54) is 24.3 Å². The summed E-state index contributed by atoms with van der Waals surface area (Å²) in [6.45, 7) is 6.63. The van der Waals surface area contributed by atoms with E-state index in [0.29, 0.717) is 26.0 Å². The van der Waals surface area contributed by atoms with Gasteiger partial charge in [0, 0.05) is 25.0 Å². The number of nitrogens with two attached hydrogens (primary N) is 1. The molecule has 8 heteroatoms. The molecule has 26 heavy (non-hydrogen) atoms. The first-order valence-corrected chi connectivity index (χ1v) is 8.53. The van der Waals surface area contributed by atoms with Crippen molar-refractivity contribution in [1.82, 2.24) is 5.32 Å². The van der Waals surface area contributed by atoms with Crippen LogP contribution in [-0.2, 0) is 16.0 Å². The van der Waals surface area contributed by atoms with Gasteiger partial charge in [-0.3, -0.25) is 4.79 Å². The van der Waals surface area contributed by atoms with Crippen LogP contribution in [0.1, 0.15) is 32.8 Å². The smallest absolute Gasteiger partial charge is 0.406 e. The monoisotopic (exact) mass is 374 g/mol. The lowest BCUT2D eigenvalue weighted by atomic mass is 9.54. The zero-order valence-electron chi connectivity index (χ0n) is 15.2. The number of halogens is 3. The maximum Gasteiger partial charge on any atom is 0.573 e. The molecule has 2 rings (SSSR count). The Kier molecular flexibility index (Phi) is 5.87. The first kappa shape index (κ1) is 20.5. The zero-order chi connectivity index (χ0) is 19.6. The van der Waals surface area contributed by atoms with Crippen LogP contribution in [0.4, 0.5) is 13.2 Å². The van der Waals surface area contributed by atoms with Crippen LogP contribution in [0.25, 0.3) is 0 Å². The van der Waals surface area contributed by atoms with Crippen LogP contribution >= 0.6 is 0 Å². The molecule has 0 saturated heterocycles. The fourth-order valence-corrected chi connectivity index (χ4v) is 3.16. The van der Waals surface area contributed by atoms with E-state index in [1.807, 2.05) is 20.8 Å². The fraction of sp³-hybridized carbons (Fsp3) is 0.611. The number of hydrogen-bond acceptors (Lipinski definition) is 4. The predicted molar refractivity (Wildman–Crippen MR) is 90.6 cm³/mol.